The molecule has 0 saturated heterocycles. The number of nitrogens with zero attached hydrogens (tertiary/aromatic N) is 1. The van der Waals surface area contributed by atoms with Crippen LogP contribution in [0.2, 0.25) is 0 Å². The van der Waals surface area contributed by atoms with Crippen LogP contribution >= 0.6 is 27.7 Å². The summed E-state index contributed by atoms with van der Waals surface area (Å²) in [6.07, 6.45) is 5.35. The van der Waals surface area contributed by atoms with E-state index in [2.05, 4.69) is 40.0 Å². The van der Waals surface area contributed by atoms with Gasteiger partial charge in [-0.05, 0) is 29.3 Å². The summed E-state index contributed by atoms with van der Waals surface area (Å²) in [6.45, 7) is 4.23. The summed E-state index contributed by atoms with van der Waals surface area (Å²) in [5.41, 5.74) is 0. The van der Waals surface area contributed by atoms with Gasteiger partial charge < -0.3 is 0 Å². The van der Waals surface area contributed by atoms with Gasteiger partial charge in [-0.25, -0.2) is 0 Å². The second-order valence-electron chi connectivity index (χ2n) is 2.21. The Labute approximate surface area is 81.5 Å². The van der Waals surface area contributed by atoms with E-state index in [1.165, 1.54) is 0 Å². The zero-order valence-electron chi connectivity index (χ0n) is 7.17. The van der Waals surface area contributed by atoms with Gasteiger partial charge in [0.05, 0.1) is 0 Å². The van der Waals surface area contributed by atoms with Crippen LogP contribution in [0.1, 0.15) is 20.3 Å². The van der Waals surface area contributed by atoms with Crippen LogP contribution in [0, 0.1) is 0 Å². The van der Waals surface area contributed by atoms with E-state index >= 15 is 0 Å². The lowest BCUT2D eigenvalue weighted by molar-refractivity contribution is 0.985. The number of allylic oxidation sites excluding steroid dienone is 2. The first-order valence-corrected chi connectivity index (χ1v) is 5.28. The summed E-state index contributed by atoms with van der Waals surface area (Å²) in [7, 11) is 1.79. The highest BCUT2D eigenvalue weighted by molar-refractivity contribution is 9.22. The number of rotatable bonds is 3. The van der Waals surface area contributed by atoms with Crippen LogP contribution in [-0.4, -0.2) is 16.3 Å². The van der Waals surface area contributed by atoms with Crippen molar-refractivity contribution < 1.29 is 0 Å². The fourth-order valence-corrected chi connectivity index (χ4v) is 2.20. The van der Waals surface area contributed by atoms with E-state index in [4.69, 9.17) is 0 Å². The molecule has 0 aromatic rings. The lowest BCUT2D eigenvalue weighted by atomic mass is 10.3. The summed E-state index contributed by atoms with van der Waals surface area (Å²) >= 11 is 5.11. The molecule has 1 unspecified atom stereocenters. The minimum Gasteiger partial charge on any atom is -0.275 e. The molecule has 0 rings (SSSR count). The molecule has 1 atom stereocenters. The first kappa shape index (κ1) is 11.2. The zero-order chi connectivity index (χ0) is 8.69. The van der Waals surface area contributed by atoms with Crippen molar-refractivity contribution in [2.45, 2.75) is 25.5 Å². The highest BCUT2D eigenvalue weighted by Gasteiger charge is 2.01. The lowest BCUT2D eigenvalue weighted by Crippen LogP contribution is -1.95. The van der Waals surface area contributed by atoms with Gasteiger partial charge in [0.2, 0.25) is 0 Å². The first-order valence-electron chi connectivity index (χ1n) is 3.60. The third-order valence-electron chi connectivity index (χ3n) is 1.18. The Balaban J connectivity index is 3.60. The summed E-state index contributed by atoms with van der Waals surface area (Å²) in [5, 5.41) is 0.601. The number of halogens is 1. The molecule has 0 aromatic heterocycles. The standard InChI is InChI=1S/C8H14BrNS/c1-4-5-6-7(2)11-8(9)10-3/h4-5,7H,6H2,1-3H3/b5-4-,10-8?. The van der Waals surface area contributed by atoms with E-state index in [1.54, 1.807) is 18.8 Å². The van der Waals surface area contributed by atoms with Gasteiger partial charge in [-0.3, -0.25) is 4.99 Å². The summed E-state index contributed by atoms with van der Waals surface area (Å²) in [4.78, 5) is 4.01. The van der Waals surface area contributed by atoms with Crippen LogP contribution in [0.3, 0.4) is 0 Å². The Morgan fingerprint density at radius 1 is 1.73 bits per heavy atom. The third-order valence-corrected chi connectivity index (χ3v) is 3.07. The molecule has 0 radical (unpaired) electrons. The molecular formula is C8H14BrNS. The maximum atomic E-state index is 4.01. The fraction of sp³-hybridized carbons (Fsp3) is 0.625. The van der Waals surface area contributed by atoms with Crippen LogP contribution in [-0.2, 0) is 0 Å². The fourth-order valence-electron chi connectivity index (χ4n) is 0.595. The molecular weight excluding hydrogens is 222 g/mol. The van der Waals surface area contributed by atoms with Crippen molar-refractivity contribution in [3.05, 3.63) is 12.2 Å². The van der Waals surface area contributed by atoms with E-state index in [1.807, 2.05) is 6.92 Å². The van der Waals surface area contributed by atoms with Crippen LogP contribution in [0.4, 0.5) is 0 Å². The maximum Gasteiger partial charge on any atom is 0.134 e. The Hall–Kier alpha value is 0.240. The van der Waals surface area contributed by atoms with Gasteiger partial charge in [0.1, 0.15) is 3.95 Å². The zero-order valence-corrected chi connectivity index (χ0v) is 9.58. The SMILES string of the molecule is C/C=C\CC(C)SC(Br)=NC. The molecule has 11 heavy (non-hydrogen) atoms. The monoisotopic (exact) mass is 235 g/mol. The molecule has 0 saturated carbocycles. The molecule has 0 aromatic carbocycles. The molecule has 0 N–H and O–H groups in total. The summed E-state index contributed by atoms with van der Waals surface area (Å²) in [6, 6.07) is 0. The molecule has 0 aliphatic heterocycles. The van der Waals surface area contributed by atoms with Crippen molar-refractivity contribution in [1.82, 2.24) is 0 Å². The Kier molecular flexibility index (Phi) is 7.07. The molecule has 0 fully saturated rings. The molecule has 0 aliphatic carbocycles. The minimum atomic E-state index is 0.601. The quantitative estimate of drug-likeness (QED) is 0.415. The molecule has 0 amide bonds. The van der Waals surface area contributed by atoms with Crippen molar-refractivity contribution in [3.63, 3.8) is 0 Å². The van der Waals surface area contributed by atoms with Gasteiger partial charge in [-0.1, -0.05) is 30.8 Å². The Morgan fingerprint density at radius 2 is 2.36 bits per heavy atom. The van der Waals surface area contributed by atoms with Crippen LogP contribution in [0.15, 0.2) is 17.1 Å². The van der Waals surface area contributed by atoms with Crippen molar-refractivity contribution in [2.75, 3.05) is 7.05 Å². The van der Waals surface area contributed by atoms with Crippen molar-refractivity contribution in [3.8, 4) is 0 Å². The number of thioether (sulfide) groups is 1. The molecule has 0 bridgehead atoms. The van der Waals surface area contributed by atoms with Gasteiger partial charge >= 0.3 is 0 Å². The van der Waals surface area contributed by atoms with Gasteiger partial charge in [0.25, 0.3) is 0 Å². The maximum absolute atomic E-state index is 4.01. The largest absolute Gasteiger partial charge is 0.275 e. The number of hydrogen-bond acceptors (Lipinski definition) is 2. The number of aliphatic imine (C=N–C) groups is 1. The van der Waals surface area contributed by atoms with Gasteiger partial charge in [0, 0.05) is 12.3 Å². The average Bonchev–Trinajstić information content (AvgIpc) is 2.00. The van der Waals surface area contributed by atoms with Crippen molar-refractivity contribution >= 4 is 31.6 Å². The minimum absolute atomic E-state index is 0.601. The van der Waals surface area contributed by atoms with Crippen LogP contribution < -0.4 is 0 Å². The van der Waals surface area contributed by atoms with E-state index < -0.39 is 0 Å². The highest BCUT2D eigenvalue weighted by Crippen LogP contribution is 2.19. The van der Waals surface area contributed by atoms with Crippen molar-refractivity contribution in [2.24, 2.45) is 4.99 Å². The predicted octanol–water partition coefficient (Wildman–Crippen LogP) is 3.46. The number of hydrogen-bond donors (Lipinski definition) is 0. The smallest absolute Gasteiger partial charge is 0.134 e. The van der Waals surface area contributed by atoms with Crippen LogP contribution in [0.25, 0.3) is 0 Å². The molecule has 1 nitrogen and oxygen atoms in total. The van der Waals surface area contributed by atoms with E-state index in [0.717, 1.165) is 10.4 Å². The van der Waals surface area contributed by atoms with Gasteiger partial charge in [-0.2, -0.15) is 0 Å². The normalized spacial score (nSPS) is 15.8. The van der Waals surface area contributed by atoms with E-state index in [0.29, 0.717) is 5.25 Å². The third kappa shape index (κ3) is 6.63. The van der Waals surface area contributed by atoms with Crippen molar-refractivity contribution in [1.29, 1.82) is 0 Å². The molecule has 0 heterocycles. The summed E-state index contributed by atoms with van der Waals surface area (Å²) in [5.74, 6) is 0. The molecule has 0 aliphatic rings. The highest BCUT2D eigenvalue weighted by atomic mass is 79.9. The van der Waals surface area contributed by atoms with Crippen LogP contribution in [0.5, 0.6) is 0 Å². The second-order valence-corrected chi connectivity index (χ2v) is 4.91. The molecule has 64 valence electrons. The van der Waals surface area contributed by atoms with Gasteiger partial charge in [0.15, 0.2) is 0 Å². The molecule has 3 heteroatoms. The Morgan fingerprint density at radius 3 is 2.82 bits per heavy atom. The lowest BCUT2D eigenvalue weighted by Gasteiger charge is -2.05. The summed E-state index contributed by atoms with van der Waals surface area (Å²) < 4.78 is 0.981. The average molecular weight is 236 g/mol. The Bertz CT molecular complexity index is 154. The van der Waals surface area contributed by atoms with E-state index in [9.17, 15) is 0 Å². The van der Waals surface area contributed by atoms with E-state index in [-0.39, 0.29) is 0 Å². The van der Waals surface area contributed by atoms with Gasteiger partial charge in [-0.15, -0.1) is 0 Å². The second kappa shape index (κ2) is 6.92. The molecule has 0 spiro atoms. The topological polar surface area (TPSA) is 12.4 Å². The first-order chi connectivity index (χ1) is 5.20. The predicted molar refractivity (Wildman–Crippen MR) is 58.8 cm³/mol.